The predicted octanol–water partition coefficient (Wildman–Crippen LogP) is 10.2. The molecule has 0 spiro atoms. The standard InChI is InChI=1S/C37H45ClNO2P/c1-29-17-18-33(25-30(29)2)26-34(35-13-9-14-36(38)27-35)12-8-7-11-31-19-21-32(22-20-31)28-39-23-10-24-42(3,40)41-37-15-5-4-6-16-37/h4-6,9,13-22,25,27,34,39H,7-8,10-12,23-24,26,28H2,1-3H3. The number of benzene rings is 4. The van der Waals surface area contributed by atoms with Crippen molar-refractivity contribution in [1.82, 2.24) is 5.32 Å². The van der Waals surface area contributed by atoms with Crippen molar-refractivity contribution in [1.29, 1.82) is 0 Å². The third-order valence-corrected chi connectivity index (χ3v) is 9.91. The topological polar surface area (TPSA) is 38.3 Å². The Morgan fingerprint density at radius 3 is 2.26 bits per heavy atom. The van der Waals surface area contributed by atoms with Crippen molar-refractivity contribution in [3.8, 4) is 5.75 Å². The van der Waals surface area contributed by atoms with Crippen LogP contribution in [0.4, 0.5) is 0 Å². The van der Waals surface area contributed by atoms with E-state index in [1.165, 1.54) is 46.2 Å². The quantitative estimate of drug-likeness (QED) is 0.103. The number of hydrogen-bond acceptors (Lipinski definition) is 3. The molecular formula is C37H45ClNO2P. The summed E-state index contributed by atoms with van der Waals surface area (Å²) in [6.07, 6.45) is 7.02. The molecule has 0 aliphatic heterocycles. The van der Waals surface area contributed by atoms with E-state index in [1.807, 2.05) is 36.4 Å². The summed E-state index contributed by atoms with van der Waals surface area (Å²) in [6.45, 7) is 7.72. The van der Waals surface area contributed by atoms with Gasteiger partial charge >= 0.3 is 0 Å². The van der Waals surface area contributed by atoms with E-state index in [2.05, 4.69) is 79.8 Å². The molecule has 0 aromatic heterocycles. The maximum absolute atomic E-state index is 12.7. The number of rotatable bonds is 16. The number of para-hydroxylation sites is 1. The second kappa shape index (κ2) is 16.1. The molecule has 0 radical (unpaired) electrons. The molecule has 3 nitrogen and oxygen atoms in total. The first-order valence-electron chi connectivity index (χ1n) is 15.2. The summed E-state index contributed by atoms with van der Waals surface area (Å²) in [5.74, 6) is 1.14. The van der Waals surface area contributed by atoms with E-state index in [4.69, 9.17) is 16.1 Å². The van der Waals surface area contributed by atoms with Crippen LogP contribution in [0.25, 0.3) is 0 Å². The molecule has 2 unspecified atom stereocenters. The van der Waals surface area contributed by atoms with Gasteiger partial charge in [0.25, 0.3) is 0 Å². The summed E-state index contributed by atoms with van der Waals surface area (Å²) in [5, 5.41) is 4.30. The minimum absolute atomic E-state index is 0.464. The third kappa shape index (κ3) is 10.8. The Labute approximate surface area is 258 Å². The highest BCUT2D eigenvalue weighted by Gasteiger charge is 2.17. The maximum Gasteiger partial charge on any atom is 0.245 e. The minimum atomic E-state index is -2.64. The second-order valence-corrected chi connectivity index (χ2v) is 14.7. The molecule has 0 aliphatic carbocycles. The fraction of sp³-hybridized carbons (Fsp3) is 0.351. The fourth-order valence-electron chi connectivity index (χ4n) is 5.38. The van der Waals surface area contributed by atoms with Gasteiger partial charge < -0.3 is 9.84 Å². The molecule has 0 saturated heterocycles. The summed E-state index contributed by atoms with van der Waals surface area (Å²) < 4.78 is 18.5. The minimum Gasteiger partial charge on any atom is -0.443 e. The van der Waals surface area contributed by atoms with Crippen LogP contribution >= 0.6 is 19.0 Å². The third-order valence-electron chi connectivity index (χ3n) is 7.95. The summed E-state index contributed by atoms with van der Waals surface area (Å²) >= 11 is 6.36. The normalized spacial score (nSPS) is 13.4. The van der Waals surface area contributed by atoms with Crippen molar-refractivity contribution >= 4 is 19.0 Å². The Kier molecular flexibility index (Phi) is 12.3. The van der Waals surface area contributed by atoms with Crippen molar-refractivity contribution < 1.29 is 9.09 Å². The van der Waals surface area contributed by atoms with Crippen LogP contribution in [-0.4, -0.2) is 19.4 Å². The number of unbranched alkanes of at least 4 members (excludes halogenated alkanes) is 1. The molecule has 0 bridgehead atoms. The van der Waals surface area contributed by atoms with E-state index in [0.29, 0.717) is 17.8 Å². The van der Waals surface area contributed by atoms with Gasteiger partial charge in [-0.05, 0) is 116 Å². The summed E-state index contributed by atoms with van der Waals surface area (Å²) in [4.78, 5) is 0. The summed E-state index contributed by atoms with van der Waals surface area (Å²) in [5.41, 5.74) is 8.10. The van der Waals surface area contributed by atoms with E-state index in [-0.39, 0.29) is 0 Å². The van der Waals surface area contributed by atoms with E-state index >= 15 is 0 Å². The number of nitrogens with one attached hydrogen (secondary N) is 1. The summed E-state index contributed by atoms with van der Waals surface area (Å²) in [7, 11) is -2.64. The van der Waals surface area contributed by atoms with Crippen LogP contribution in [0.15, 0.2) is 97.1 Å². The van der Waals surface area contributed by atoms with E-state index in [1.54, 1.807) is 6.66 Å². The van der Waals surface area contributed by atoms with E-state index < -0.39 is 7.37 Å². The lowest BCUT2D eigenvalue weighted by Gasteiger charge is -2.19. The average Bonchev–Trinajstić information content (AvgIpc) is 2.97. The molecule has 5 heteroatoms. The van der Waals surface area contributed by atoms with Crippen LogP contribution in [-0.2, 0) is 24.0 Å². The zero-order valence-electron chi connectivity index (χ0n) is 25.3. The molecule has 0 amide bonds. The van der Waals surface area contributed by atoms with Gasteiger partial charge in [-0.15, -0.1) is 0 Å². The molecule has 4 aromatic carbocycles. The van der Waals surface area contributed by atoms with Gasteiger partial charge in [0.1, 0.15) is 5.75 Å². The number of halogens is 1. The lowest BCUT2D eigenvalue weighted by Crippen LogP contribution is -2.16. The summed E-state index contributed by atoms with van der Waals surface area (Å²) in [6, 6.07) is 33.6. The Bertz CT molecular complexity index is 1440. The van der Waals surface area contributed by atoms with Crippen molar-refractivity contribution in [2.24, 2.45) is 0 Å². The second-order valence-electron chi connectivity index (χ2n) is 11.6. The largest absolute Gasteiger partial charge is 0.443 e. The molecule has 4 rings (SSSR count). The molecule has 42 heavy (non-hydrogen) atoms. The number of aryl methyl sites for hydroxylation is 3. The van der Waals surface area contributed by atoms with Gasteiger partial charge in [-0.25, -0.2) is 0 Å². The highest BCUT2D eigenvalue weighted by atomic mass is 35.5. The van der Waals surface area contributed by atoms with Crippen molar-refractivity contribution in [2.45, 2.75) is 64.8 Å². The van der Waals surface area contributed by atoms with Gasteiger partial charge in [0.05, 0.1) is 0 Å². The Hall–Kier alpha value is -2.84. The predicted molar refractivity (Wildman–Crippen MR) is 180 cm³/mol. The van der Waals surface area contributed by atoms with Crippen LogP contribution in [0.5, 0.6) is 5.75 Å². The van der Waals surface area contributed by atoms with Gasteiger partial charge in [0.2, 0.25) is 7.37 Å². The van der Waals surface area contributed by atoms with Crippen LogP contribution < -0.4 is 9.84 Å². The van der Waals surface area contributed by atoms with E-state index in [0.717, 1.165) is 43.8 Å². The van der Waals surface area contributed by atoms with Crippen LogP contribution in [0.2, 0.25) is 5.02 Å². The van der Waals surface area contributed by atoms with Crippen LogP contribution in [0.1, 0.15) is 65.0 Å². The van der Waals surface area contributed by atoms with Crippen molar-refractivity contribution in [2.75, 3.05) is 19.4 Å². The SMILES string of the molecule is Cc1ccc(CC(CCCCc2ccc(CNCCCP(C)(=O)Oc3ccccc3)cc2)c2cccc(Cl)c2)cc1C. The first-order valence-corrected chi connectivity index (χ1v) is 17.8. The fourth-order valence-corrected chi connectivity index (χ4v) is 6.97. The monoisotopic (exact) mass is 601 g/mol. The first-order chi connectivity index (χ1) is 20.3. The van der Waals surface area contributed by atoms with Crippen LogP contribution in [0, 0.1) is 13.8 Å². The lowest BCUT2D eigenvalue weighted by molar-refractivity contribution is 0.484. The zero-order valence-corrected chi connectivity index (χ0v) is 27.0. The van der Waals surface area contributed by atoms with Gasteiger partial charge in [0, 0.05) is 24.4 Å². The average molecular weight is 602 g/mol. The van der Waals surface area contributed by atoms with Gasteiger partial charge in [-0.2, -0.15) is 0 Å². The Morgan fingerprint density at radius 2 is 1.52 bits per heavy atom. The number of hydrogen-bond donors (Lipinski definition) is 1. The lowest BCUT2D eigenvalue weighted by atomic mass is 9.86. The molecule has 0 heterocycles. The van der Waals surface area contributed by atoms with Gasteiger partial charge in [0.15, 0.2) is 0 Å². The smallest absolute Gasteiger partial charge is 0.245 e. The molecule has 0 aliphatic rings. The molecular weight excluding hydrogens is 557 g/mol. The van der Waals surface area contributed by atoms with Crippen molar-refractivity contribution in [3.63, 3.8) is 0 Å². The first kappa shape index (κ1) is 32.1. The molecule has 0 fully saturated rings. The Balaban J connectivity index is 1.18. The Morgan fingerprint density at radius 1 is 0.786 bits per heavy atom. The highest BCUT2D eigenvalue weighted by molar-refractivity contribution is 7.58. The van der Waals surface area contributed by atoms with Gasteiger partial charge in [-0.3, -0.25) is 4.57 Å². The molecule has 4 aromatic rings. The van der Waals surface area contributed by atoms with E-state index in [9.17, 15) is 4.57 Å². The maximum atomic E-state index is 12.7. The highest BCUT2D eigenvalue weighted by Crippen LogP contribution is 2.43. The molecule has 1 N–H and O–H groups in total. The van der Waals surface area contributed by atoms with Crippen molar-refractivity contribution in [3.05, 3.63) is 135 Å². The molecule has 2 atom stereocenters. The van der Waals surface area contributed by atoms with Gasteiger partial charge in [-0.1, -0.05) is 90.8 Å². The zero-order chi connectivity index (χ0) is 29.8. The molecule has 222 valence electrons. The molecule has 0 saturated carbocycles. The van der Waals surface area contributed by atoms with Crippen LogP contribution in [0.3, 0.4) is 0 Å².